The number of pyridine rings is 1. The molecule has 40 heavy (non-hydrogen) atoms. The lowest BCUT2D eigenvalue weighted by molar-refractivity contribution is -0.122. The molecule has 2 aromatic carbocycles. The fourth-order valence-corrected chi connectivity index (χ4v) is 5.25. The number of carbonyl (C=O) groups is 2. The van der Waals surface area contributed by atoms with Gasteiger partial charge in [0.2, 0.25) is 5.91 Å². The minimum absolute atomic E-state index is 0.0145. The normalized spacial score (nSPS) is 14.8. The summed E-state index contributed by atoms with van der Waals surface area (Å²) in [5, 5.41) is 19.2. The number of aromatic nitrogens is 3. The van der Waals surface area contributed by atoms with Gasteiger partial charge in [-0.15, -0.1) is 0 Å². The van der Waals surface area contributed by atoms with Crippen LogP contribution in [-0.2, 0) is 17.6 Å². The van der Waals surface area contributed by atoms with Gasteiger partial charge in [0.25, 0.3) is 5.91 Å². The van der Waals surface area contributed by atoms with Gasteiger partial charge >= 0.3 is 0 Å². The number of nitrogens with zero attached hydrogens (tertiary/aromatic N) is 3. The number of nitriles is 1. The summed E-state index contributed by atoms with van der Waals surface area (Å²) in [5.74, 6) is -3.86. The van der Waals surface area contributed by atoms with E-state index in [4.69, 9.17) is 5.73 Å². The summed E-state index contributed by atoms with van der Waals surface area (Å²) in [6.45, 7) is 0. The van der Waals surface area contributed by atoms with Crippen molar-refractivity contribution in [2.75, 3.05) is 0 Å². The molecule has 5 rings (SSSR count). The lowest BCUT2D eigenvalue weighted by Crippen LogP contribution is -2.32. The molecule has 0 radical (unpaired) electrons. The smallest absolute Gasteiger partial charge is 0.251 e. The van der Waals surface area contributed by atoms with Crippen molar-refractivity contribution >= 4 is 11.8 Å². The third-order valence-electron chi connectivity index (χ3n) is 6.98. The highest BCUT2D eigenvalue weighted by molar-refractivity contribution is 5.94. The number of nitrogens with one attached hydrogen (secondary N) is 2. The van der Waals surface area contributed by atoms with Gasteiger partial charge in [0, 0.05) is 35.5 Å². The first-order chi connectivity index (χ1) is 19.2. The van der Waals surface area contributed by atoms with Gasteiger partial charge in [-0.2, -0.15) is 10.4 Å². The summed E-state index contributed by atoms with van der Waals surface area (Å²) in [6, 6.07) is 11.4. The fraction of sp³-hybridized carbons (Fsp3) is 0.207. The standard InChI is InChI=1S/C29H23F3N6O2/c30-18-8-15(9-19(31)13-18)10-24(36-26(39)12-17-4-6-23-27(17)25(14-33)38-37-23)28-20(2-1-7-35-28)16-3-5-22(32)21(11-16)29(34)40/h1-3,5,7-9,11,13,17,24H,4,6,10,12H2,(H2,34,40)(H,36,39)(H,37,38)/t17?,24-/m0/s1. The lowest BCUT2D eigenvalue weighted by Gasteiger charge is -2.22. The number of amides is 2. The number of H-pyrrole nitrogens is 1. The third kappa shape index (κ3) is 5.42. The number of hydrogen-bond donors (Lipinski definition) is 3. The highest BCUT2D eigenvalue weighted by Gasteiger charge is 2.31. The van der Waals surface area contributed by atoms with Crippen molar-refractivity contribution in [2.45, 2.75) is 37.6 Å². The number of primary amides is 1. The van der Waals surface area contributed by atoms with E-state index >= 15 is 0 Å². The van der Waals surface area contributed by atoms with E-state index in [1.807, 2.05) is 6.07 Å². The Morgan fingerprint density at radius 3 is 2.65 bits per heavy atom. The highest BCUT2D eigenvalue weighted by Crippen LogP contribution is 2.37. The Bertz CT molecular complexity index is 1640. The molecule has 0 saturated heterocycles. The van der Waals surface area contributed by atoms with E-state index in [0.29, 0.717) is 29.7 Å². The van der Waals surface area contributed by atoms with Crippen LogP contribution in [0.15, 0.2) is 54.7 Å². The van der Waals surface area contributed by atoms with Crippen LogP contribution in [0.2, 0.25) is 0 Å². The quantitative estimate of drug-likeness (QED) is 0.302. The minimum atomic E-state index is -0.947. The number of aryl methyl sites for hydroxylation is 1. The van der Waals surface area contributed by atoms with Crippen molar-refractivity contribution in [2.24, 2.45) is 5.73 Å². The number of hydrogen-bond acceptors (Lipinski definition) is 5. The van der Waals surface area contributed by atoms with E-state index in [2.05, 4.69) is 20.5 Å². The molecular formula is C29H23F3N6O2. The maximum Gasteiger partial charge on any atom is 0.251 e. The largest absolute Gasteiger partial charge is 0.366 e. The topological polar surface area (TPSA) is 138 Å². The van der Waals surface area contributed by atoms with E-state index in [-0.39, 0.29) is 41.5 Å². The average molecular weight is 545 g/mol. The summed E-state index contributed by atoms with van der Waals surface area (Å²) in [7, 11) is 0. The molecule has 202 valence electrons. The van der Waals surface area contributed by atoms with Crippen molar-refractivity contribution in [3.05, 3.63) is 106 Å². The molecule has 11 heteroatoms. The van der Waals surface area contributed by atoms with E-state index in [1.165, 1.54) is 30.5 Å². The van der Waals surface area contributed by atoms with Crippen molar-refractivity contribution in [3.63, 3.8) is 0 Å². The molecule has 2 amide bonds. The lowest BCUT2D eigenvalue weighted by atomic mass is 9.93. The van der Waals surface area contributed by atoms with Crippen molar-refractivity contribution in [1.29, 1.82) is 5.26 Å². The van der Waals surface area contributed by atoms with Crippen LogP contribution in [0.5, 0.6) is 0 Å². The Balaban J connectivity index is 1.50. The first-order valence-electron chi connectivity index (χ1n) is 12.5. The zero-order chi connectivity index (χ0) is 28.4. The van der Waals surface area contributed by atoms with Crippen LogP contribution in [0.25, 0.3) is 11.1 Å². The molecule has 2 aromatic heterocycles. The number of fused-ring (bicyclic) bond motifs is 1. The molecule has 8 nitrogen and oxygen atoms in total. The van der Waals surface area contributed by atoms with Crippen LogP contribution < -0.4 is 11.1 Å². The molecule has 0 saturated carbocycles. The van der Waals surface area contributed by atoms with Crippen molar-refractivity contribution in [1.82, 2.24) is 20.5 Å². The molecule has 0 fully saturated rings. The molecule has 2 atom stereocenters. The summed E-state index contributed by atoms with van der Waals surface area (Å²) < 4.78 is 42.3. The number of benzene rings is 2. The van der Waals surface area contributed by atoms with Crippen molar-refractivity contribution < 1.29 is 22.8 Å². The number of carbonyl (C=O) groups excluding carboxylic acids is 2. The van der Waals surface area contributed by atoms with E-state index in [9.17, 15) is 28.0 Å². The molecular weight excluding hydrogens is 521 g/mol. The molecule has 1 aliphatic rings. The molecule has 4 aromatic rings. The Morgan fingerprint density at radius 1 is 1.15 bits per heavy atom. The Labute approximate surface area is 227 Å². The Hall–Kier alpha value is -4.98. The highest BCUT2D eigenvalue weighted by atomic mass is 19.1. The van der Waals surface area contributed by atoms with E-state index in [1.54, 1.807) is 12.1 Å². The van der Waals surface area contributed by atoms with Gasteiger partial charge < -0.3 is 11.1 Å². The summed E-state index contributed by atoms with van der Waals surface area (Å²) >= 11 is 0. The number of nitrogens with two attached hydrogens (primary N) is 1. The van der Waals surface area contributed by atoms with Crippen LogP contribution in [0, 0.1) is 28.8 Å². The van der Waals surface area contributed by atoms with Crippen LogP contribution in [0.3, 0.4) is 0 Å². The fourth-order valence-electron chi connectivity index (χ4n) is 5.25. The average Bonchev–Trinajstić information content (AvgIpc) is 3.50. The third-order valence-corrected chi connectivity index (χ3v) is 6.98. The van der Waals surface area contributed by atoms with Crippen LogP contribution >= 0.6 is 0 Å². The second kappa shape index (κ2) is 11.0. The summed E-state index contributed by atoms with van der Waals surface area (Å²) in [6.07, 6.45) is 2.85. The number of rotatable bonds is 8. The van der Waals surface area contributed by atoms with Gasteiger partial charge in [-0.1, -0.05) is 12.1 Å². The molecule has 4 N–H and O–H groups in total. The van der Waals surface area contributed by atoms with Gasteiger partial charge in [-0.05, 0) is 66.6 Å². The van der Waals surface area contributed by atoms with Crippen LogP contribution in [-0.4, -0.2) is 27.0 Å². The van der Waals surface area contributed by atoms with E-state index in [0.717, 1.165) is 23.4 Å². The Kier molecular flexibility index (Phi) is 7.33. The van der Waals surface area contributed by atoms with E-state index < -0.39 is 29.4 Å². The second-order valence-corrected chi connectivity index (χ2v) is 9.61. The molecule has 1 aliphatic carbocycles. The first kappa shape index (κ1) is 26.6. The zero-order valence-corrected chi connectivity index (χ0v) is 21.0. The maximum absolute atomic E-state index is 14.2. The number of aromatic amines is 1. The SMILES string of the molecule is N#Cc1n[nH]c2c1C(CC(=O)N[C@@H](Cc1cc(F)cc(F)c1)c1ncccc1-c1ccc(F)c(C(N)=O)c1)CC2. The second-order valence-electron chi connectivity index (χ2n) is 9.61. The van der Waals surface area contributed by atoms with Gasteiger partial charge in [0.05, 0.1) is 17.3 Å². The van der Waals surface area contributed by atoms with Crippen LogP contribution in [0.1, 0.15) is 63.4 Å². The molecule has 2 heterocycles. The van der Waals surface area contributed by atoms with Gasteiger partial charge in [-0.3, -0.25) is 19.7 Å². The predicted octanol–water partition coefficient (Wildman–Crippen LogP) is 4.38. The number of halogens is 3. The van der Waals surface area contributed by atoms with Crippen molar-refractivity contribution in [3.8, 4) is 17.2 Å². The first-order valence-corrected chi connectivity index (χ1v) is 12.5. The molecule has 0 aliphatic heterocycles. The summed E-state index contributed by atoms with van der Waals surface area (Å²) in [5.41, 5.74) is 8.34. The van der Waals surface area contributed by atoms with Gasteiger partial charge in [0.15, 0.2) is 5.69 Å². The zero-order valence-electron chi connectivity index (χ0n) is 21.0. The molecule has 0 spiro atoms. The predicted molar refractivity (Wildman–Crippen MR) is 138 cm³/mol. The minimum Gasteiger partial charge on any atom is -0.366 e. The maximum atomic E-state index is 14.2. The van der Waals surface area contributed by atoms with Crippen LogP contribution in [0.4, 0.5) is 13.2 Å². The monoisotopic (exact) mass is 544 g/mol. The van der Waals surface area contributed by atoms with Gasteiger partial charge in [-0.25, -0.2) is 13.2 Å². The molecule has 1 unspecified atom stereocenters. The Morgan fingerprint density at radius 2 is 1.93 bits per heavy atom. The van der Waals surface area contributed by atoms with Gasteiger partial charge in [0.1, 0.15) is 23.5 Å². The summed E-state index contributed by atoms with van der Waals surface area (Å²) in [4.78, 5) is 29.6. The molecule has 0 bridgehead atoms.